The van der Waals surface area contributed by atoms with Gasteiger partial charge in [0.05, 0.1) is 16.8 Å². The van der Waals surface area contributed by atoms with Crippen molar-refractivity contribution in [3.63, 3.8) is 0 Å². The van der Waals surface area contributed by atoms with Crippen molar-refractivity contribution in [2.45, 2.75) is 45.8 Å². The van der Waals surface area contributed by atoms with Gasteiger partial charge in [0.15, 0.2) is 0 Å². The normalized spacial score (nSPS) is 20.4. The van der Waals surface area contributed by atoms with E-state index < -0.39 is 24.1 Å². The minimum Gasteiger partial charge on any atom is -0.399 e. The van der Waals surface area contributed by atoms with Crippen LogP contribution in [-0.4, -0.2) is 18.3 Å². The van der Waals surface area contributed by atoms with E-state index in [-0.39, 0.29) is 5.56 Å². The van der Waals surface area contributed by atoms with Gasteiger partial charge in [-0.05, 0) is 51.7 Å². The van der Waals surface area contributed by atoms with Crippen LogP contribution in [0.1, 0.15) is 38.8 Å². The molecule has 19 heavy (non-hydrogen) atoms. The molecule has 0 radical (unpaired) electrons. The number of nitrogens with zero attached hydrogens (tertiary/aromatic N) is 1. The highest BCUT2D eigenvalue weighted by atomic mass is 19.1. The second-order valence-electron chi connectivity index (χ2n) is 5.84. The predicted octanol–water partition coefficient (Wildman–Crippen LogP) is 2.31. The quantitative estimate of drug-likeness (QED) is 0.728. The van der Waals surface area contributed by atoms with E-state index >= 15 is 0 Å². The van der Waals surface area contributed by atoms with Gasteiger partial charge in [0.2, 0.25) is 0 Å². The molecule has 0 amide bonds. The second-order valence-corrected chi connectivity index (χ2v) is 5.84. The Balaban J connectivity index is 2.41. The summed E-state index contributed by atoms with van der Waals surface area (Å²) in [5, 5.41) is 8.81. The molecule has 1 aromatic rings. The first-order chi connectivity index (χ1) is 8.69. The average Bonchev–Trinajstić information content (AvgIpc) is 2.51. The van der Waals surface area contributed by atoms with E-state index in [0.717, 1.165) is 0 Å². The molecule has 5 heteroatoms. The van der Waals surface area contributed by atoms with Crippen LogP contribution in [-0.2, 0) is 9.31 Å². The molecule has 0 aromatic heterocycles. The Hall–Kier alpha value is -1.38. The van der Waals surface area contributed by atoms with Crippen molar-refractivity contribution >= 4 is 12.6 Å². The van der Waals surface area contributed by atoms with Gasteiger partial charge in [-0.15, -0.1) is 0 Å². The van der Waals surface area contributed by atoms with E-state index in [2.05, 4.69) is 0 Å². The highest BCUT2D eigenvalue weighted by Crippen LogP contribution is 2.36. The van der Waals surface area contributed by atoms with Crippen molar-refractivity contribution in [1.29, 1.82) is 5.26 Å². The van der Waals surface area contributed by atoms with Gasteiger partial charge in [-0.1, -0.05) is 6.07 Å². The Kier molecular flexibility index (Phi) is 3.20. The molecule has 0 N–H and O–H groups in total. The Bertz CT molecular complexity index is 547. The predicted molar refractivity (Wildman–Crippen MR) is 71.6 cm³/mol. The van der Waals surface area contributed by atoms with E-state index in [1.807, 2.05) is 33.8 Å². The number of hydrogen-bond acceptors (Lipinski definition) is 3. The van der Waals surface area contributed by atoms with Crippen LogP contribution in [0, 0.1) is 24.1 Å². The fourth-order valence-corrected chi connectivity index (χ4v) is 2.01. The summed E-state index contributed by atoms with van der Waals surface area (Å²) in [5.41, 5.74) is 0.147. The van der Waals surface area contributed by atoms with Crippen molar-refractivity contribution in [2.75, 3.05) is 0 Å². The molecule has 1 heterocycles. The third-order valence-electron chi connectivity index (χ3n) is 4.06. The molecule has 3 nitrogen and oxygen atoms in total. The largest absolute Gasteiger partial charge is 0.495 e. The van der Waals surface area contributed by atoms with Gasteiger partial charge >= 0.3 is 7.12 Å². The summed E-state index contributed by atoms with van der Waals surface area (Å²) in [6.45, 7) is 9.42. The minimum absolute atomic E-state index is 0.0396. The molecular weight excluding hydrogens is 244 g/mol. The number of benzene rings is 1. The first-order valence-electron chi connectivity index (χ1n) is 6.24. The van der Waals surface area contributed by atoms with Gasteiger partial charge in [0.1, 0.15) is 11.9 Å². The zero-order chi connectivity index (χ0) is 14.4. The molecule has 100 valence electrons. The Morgan fingerprint density at radius 1 is 1.16 bits per heavy atom. The topological polar surface area (TPSA) is 42.2 Å². The smallest absolute Gasteiger partial charge is 0.399 e. The molecule has 0 spiro atoms. The molecule has 1 aromatic carbocycles. The number of hydrogen-bond donors (Lipinski definition) is 0. The summed E-state index contributed by atoms with van der Waals surface area (Å²) >= 11 is 0. The summed E-state index contributed by atoms with van der Waals surface area (Å²) in [4.78, 5) is 0. The van der Waals surface area contributed by atoms with E-state index in [0.29, 0.717) is 11.0 Å². The van der Waals surface area contributed by atoms with Crippen molar-refractivity contribution < 1.29 is 13.7 Å². The summed E-state index contributed by atoms with van der Waals surface area (Å²) in [5.74, 6) is -0.505. The van der Waals surface area contributed by atoms with Gasteiger partial charge in [0.25, 0.3) is 0 Å². The number of nitriles is 1. The molecule has 0 aliphatic carbocycles. The van der Waals surface area contributed by atoms with Crippen molar-refractivity contribution in [3.05, 3.63) is 29.1 Å². The molecule has 0 bridgehead atoms. The molecule has 0 atom stereocenters. The van der Waals surface area contributed by atoms with Gasteiger partial charge in [-0.3, -0.25) is 0 Å². The summed E-state index contributed by atoms with van der Waals surface area (Å²) < 4.78 is 25.7. The first kappa shape index (κ1) is 14.0. The lowest BCUT2D eigenvalue weighted by molar-refractivity contribution is 0.00578. The first-order valence-corrected chi connectivity index (χ1v) is 6.24. The fourth-order valence-electron chi connectivity index (χ4n) is 2.01. The molecule has 1 aliphatic rings. The van der Waals surface area contributed by atoms with Crippen LogP contribution < -0.4 is 5.46 Å². The van der Waals surface area contributed by atoms with Crippen LogP contribution in [0.5, 0.6) is 0 Å². The summed E-state index contributed by atoms with van der Waals surface area (Å²) in [6, 6.07) is 4.98. The lowest BCUT2D eigenvalue weighted by Crippen LogP contribution is -2.41. The highest BCUT2D eigenvalue weighted by Gasteiger charge is 2.52. The molecule has 0 unspecified atom stereocenters. The van der Waals surface area contributed by atoms with Crippen LogP contribution in [0.3, 0.4) is 0 Å². The Labute approximate surface area is 113 Å². The monoisotopic (exact) mass is 261 g/mol. The highest BCUT2D eigenvalue weighted by molar-refractivity contribution is 6.62. The maximum atomic E-state index is 14.0. The van der Waals surface area contributed by atoms with Gasteiger partial charge in [-0.2, -0.15) is 5.26 Å². The molecule has 2 rings (SSSR count). The molecule has 1 aliphatic heterocycles. The van der Waals surface area contributed by atoms with E-state index in [4.69, 9.17) is 14.6 Å². The van der Waals surface area contributed by atoms with Gasteiger partial charge in [-0.25, -0.2) is 4.39 Å². The van der Waals surface area contributed by atoms with Crippen LogP contribution in [0.2, 0.25) is 0 Å². The van der Waals surface area contributed by atoms with Crippen LogP contribution in [0.25, 0.3) is 0 Å². The third kappa shape index (κ3) is 2.15. The van der Waals surface area contributed by atoms with E-state index in [9.17, 15) is 4.39 Å². The lowest BCUT2D eigenvalue weighted by Gasteiger charge is -2.32. The van der Waals surface area contributed by atoms with Gasteiger partial charge < -0.3 is 9.31 Å². The summed E-state index contributed by atoms with van der Waals surface area (Å²) in [6.07, 6.45) is 0. The van der Waals surface area contributed by atoms with Crippen LogP contribution >= 0.6 is 0 Å². The standard InChI is InChI=1S/C14H17BFNO2/c1-9-11(7-6-10(8-17)12(9)16)15-18-13(2,3)14(4,5)19-15/h6-7H,1-5H3. The Morgan fingerprint density at radius 3 is 2.16 bits per heavy atom. The SMILES string of the molecule is Cc1c(B2OC(C)(C)C(C)(C)O2)ccc(C#N)c1F. The third-order valence-corrected chi connectivity index (χ3v) is 4.06. The van der Waals surface area contributed by atoms with E-state index in [1.54, 1.807) is 13.0 Å². The number of halogens is 1. The van der Waals surface area contributed by atoms with Gasteiger partial charge in [0, 0.05) is 0 Å². The molecule has 0 saturated carbocycles. The van der Waals surface area contributed by atoms with E-state index in [1.165, 1.54) is 6.07 Å². The zero-order valence-electron chi connectivity index (χ0n) is 11.9. The molecular formula is C14H17BFNO2. The van der Waals surface area contributed by atoms with Crippen molar-refractivity contribution in [2.24, 2.45) is 0 Å². The average molecular weight is 261 g/mol. The van der Waals surface area contributed by atoms with Crippen LogP contribution in [0.15, 0.2) is 12.1 Å². The fraction of sp³-hybridized carbons (Fsp3) is 0.500. The second kappa shape index (κ2) is 4.33. The van der Waals surface area contributed by atoms with Crippen molar-refractivity contribution in [1.82, 2.24) is 0 Å². The Morgan fingerprint density at radius 2 is 1.68 bits per heavy atom. The lowest BCUT2D eigenvalue weighted by atomic mass is 9.75. The maximum Gasteiger partial charge on any atom is 0.495 e. The zero-order valence-corrected chi connectivity index (χ0v) is 11.9. The van der Waals surface area contributed by atoms with Crippen LogP contribution in [0.4, 0.5) is 4.39 Å². The minimum atomic E-state index is -0.604. The molecule has 1 fully saturated rings. The number of rotatable bonds is 1. The summed E-state index contributed by atoms with van der Waals surface area (Å²) in [7, 11) is -0.604. The maximum absolute atomic E-state index is 14.0. The van der Waals surface area contributed by atoms with Crippen molar-refractivity contribution in [3.8, 4) is 6.07 Å². The molecule has 1 saturated heterocycles.